The molecule has 2 N–H and O–H groups in total. The highest BCUT2D eigenvalue weighted by Crippen LogP contribution is 2.24. The summed E-state index contributed by atoms with van der Waals surface area (Å²) in [5.74, 6) is -0.737. The van der Waals surface area contributed by atoms with Crippen molar-refractivity contribution in [1.82, 2.24) is 19.9 Å². The fraction of sp³-hybridized carbons (Fsp3) is 0.304. The van der Waals surface area contributed by atoms with Crippen molar-refractivity contribution in [3.8, 4) is 5.88 Å². The van der Waals surface area contributed by atoms with Gasteiger partial charge in [0, 0.05) is 31.0 Å². The van der Waals surface area contributed by atoms with Gasteiger partial charge in [0.25, 0.3) is 21.8 Å². The van der Waals surface area contributed by atoms with Crippen LogP contribution in [0.15, 0.2) is 59.9 Å². The summed E-state index contributed by atoms with van der Waals surface area (Å²) in [6.45, 7) is 4.17. The first-order valence-electron chi connectivity index (χ1n) is 10.7. The molecule has 0 saturated heterocycles. The number of hydrogen-bond acceptors (Lipinski definition) is 8. The molecule has 0 saturated carbocycles. The Hall–Kier alpha value is -3.57. The molecule has 10 nitrogen and oxygen atoms in total. The lowest BCUT2D eigenvalue weighted by molar-refractivity contribution is 0.0714. The molecule has 0 aliphatic rings. The summed E-state index contributed by atoms with van der Waals surface area (Å²) in [6.07, 6.45) is 5.10. The third-order valence-corrected chi connectivity index (χ3v) is 6.13. The SMILES string of the molecule is CCCN(CCO)C(=O)c1cnc(NS(=O)(=O)c2ccc(C)cc2)c(OCc2cccnc2)n1. The first-order chi connectivity index (χ1) is 16.3. The van der Waals surface area contributed by atoms with Crippen LogP contribution < -0.4 is 9.46 Å². The minimum Gasteiger partial charge on any atom is -0.470 e. The number of amides is 1. The number of ether oxygens (including phenoxy) is 1. The molecule has 0 aliphatic carbocycles. The number of sulfonamides is 1. The lowest BCUT2D eigenvalue weighted by atomic mass is 10.2. The van der Waals surface area contributed by atoms with Crippen LogP contribution >= 0.6 is 0 Å². The summed E-state index contributed by atoms with van der Waals surface area (Å²) in [5, 5.41) is 9.28. The fourth-order valence-corrected chi connectivity index (χ4v) is 4.06. The smallest absolute Gasteiger partial charge is 0.274 e. The maximum atomic E-state index is 12.9. The topological polar surface area (TPSA) is 135 Å². The summed E-state index contributed by atoms with van der Waals surface area (Å²) in [7, 11) is -3.98. The van der Waals surface area contributed by atoms with Crippen LogP contribution in [0.5, 0.6) is 5.88 Å². The Bertz CT molecular complexity index is 1200. The second-order valence-electron chi connectivity index (χ2n) is 7.49. The molecule has 3 aromatic rings. The van der Waals surface area contributed by atoms with Crippen LogP contribution in [0.1, 0.15) is 35.0 Å². The van der Waals surface area contributed by atoms with E-state index in [-0.39, 0.29) is 42.0 Å². The molecule has 0 aliphatic heterocycles. The minimum absolute atomic E-state index is 0.0265. The van der Waals surface area contributed by atoms with Crippen LogP contribution in [0.2, 0.25) is 0 Å². The Morgan fingerprint density at radius 1 is 1.15 bits per heavy atom. The van der Waals surface area contributed by atoms with Gasteiger partial charge in [-0.05, 0) is 31.5 Å². The second kappa shape index (κ2) is 11.5. The van der Waals surface area contributed by atoms with E-state index in [2.05, 4.69) is 19.7 Å². The van der Waals surface area contributed by atoms with Gasteiger partial charge >= 0.3 is 0 Å². The van der Waals surface area contributed by atoms with Gasteiger partial charge in [-0.1, -0.05) is 30.7 Å². The first kappa shape index (κ1) is 25.1. The summed E-state index contributed by atoms with van der Waals surface area (Å²) in [5.41, 5.74) is 1.62. The number of aliphatic hydroxyl groups excluding tert-OH is 1. The van der Waals surface area contributed by atoms with E-state index in [9.17, 15) is 18.3 Å². The van der Waals surface area contributed by atoms with E-state index in [4.69, 9.17) is 4.74 Å². The first-order valence-corrected chi connectivity index (χ1v) is 12.2. The van der Waals surface area contributed by atoms with Gasteiger partial charge in [0.15, 0.2) is 5.69 Å². The zero-order chi connectivity index (χ0) is 24.6. The maximum absolute atomic E-state index is 12.9. The van der Waals surface area contributed by atoms with Crippen molar-refractivity contribution in [3.05, 3.63) is 71.8 Å². The molecule has 2 heterocycles. The lowest BCUT2D eigenvalue weighted by Crippen LogP contribution is -2.35. The van der Waals surface area contributed by atoms with Crippen LogP contribution in [0.3, 0.4) is 0 Å². The number of rotatable bonds is 11. The van der Waals surface area contributed by atoms with Gasteiger partial charge in [0.2, 0.25) is 5.82 Å². The van der Waals surface area contributed by atoms with E-state index >= 15 is 0 Å². The van der Waals surface area contributed by atoms with E-state index in [1.165, 1.54) is 23.2 Å². The van der Waals surface area contributed by atoms with Crippen molar-refractivity contribution in [2.75, 3.05) is 24.4 Å². The molecule has 11 heteroatoms. The Morgan fingerprint density at radius 2 is 1.91 bits per heavy atom. The number of nitrogens with one attached hydrogen (secondary N) is 1. The number of carbonyl (C=O) groups is 1. The number of anilines is 1. The molecule has 0 atom stereocenters. The molecule has 0 fully saturated rings. The van der Waals surface area contributed by atoms with E-state index < -0.39 is 15.9 Å². The molecule has 0 bridgehead atoms. The zero-order valence-corrected chi connectivity index (χ0v) is 19.8. The summed E-state index contributed by atoms with van der Waals surface area (Å²) < 4.78 is 33.9. The van der Waals surface area contributed by atoms with Gasteiger partial charge in [-0.15, -0.1) is 0 Å². The van der Waals surface area contributed by atoms with Crippen LogP contribution in [-0.4, -0.2) is 59.0 Å². The van der Waals surface area contributed by atoms with Gasteiger partial charge in [0.1, 0.15) is 6.61 Å². The molecule has 180 valence electrons. The largest absolute Gasteiger partial charge is 0.470 e. The monoisotopic (exact) mass is 485 g/mol. The normalized spacial score (nSPS) is 11.1. The molecule has 0 radical (unpaired) electrons. The molecule has 2 aromatic heterocycles. The highest BCUT2D eigenvalue weighted by atomic mass is 32.2. The zero-order valence-electron chi connectivity index (χ0n) is 19.0. The predicted octanol–water partition coefficient (Wildman–Crippen LogP) is 2.40. The van der Waals surface area contributed by atoms with Crippen LogP contribution in [0.25, 0.3) is 0 Å². The second-order valence-corrected chi connectivity index (χ2v) is 9.18. The van der Waals surface area contributed by atoms with Crippen LogP contribution in [0.4, 0.5) is 5.82 Å². The number of nitrogens with zero attached hydrogens (tertiary/aromatic N) is 4. The van der Waals surface area contributed by atoms with Gasteiger partial charge in [-0.2, -0.15) is 0 Å². The highest BCUT2D eigenvalue weighted by Gasteiger charge is 2.23. The van der Waals surface area contributed by atoms with Crippen molar-refractivity contribution in [1.29, 1.82) is 0 Å². The summed E-state index contributed by atoms with van der Waals surface area (Å²) in [4.78, 5) is 26.8. The Kier molecular flexibility index (Phi) is 8.50. The Morgan fingerprint density at radius 3 is 2.56 bits per heavy atom. The van der Waals surface area contributed by atoms with Crippen molar-refractivity contribution < 1.29 is 23.1 Å². The molecule has 1 amide bonds. The quantitative estimate of drug-likeness (QED) is 0.423. The third-order valence-electron chi connectivity index (χ3n) is 4.77. The van der Waals surface area contributed by atoms with E-state index in [0.717, 1.165) is 11.1 Å². The molecule has 1 aromatic carbocycles. The molecule has 0 unspecified atom stereocenters. The Balaban J connectivity index is 1.93. The van der Waals surface area contributed by atoms with E-state index in [0.29, 0.717) is 13.0 Å². The van der Waals surface area contributed by atoms with Crippen LogP contribution in [0, 0.1) is 6.92 Å². The predicted molar refractivity (Wildman–Crippen MR) is 126 cm³/mol. The van der Waals surface area contributed by atoms with Crippen molar-refractivity contribution in [2.24, 2.45) is 0 Å². The van der Waals surface area contributed by atoms with Gasteiger partial charge < -0.3 is 14.7 Å². The van der Waals surface area contributed by atoms with Crippen molar-refractivity contribution in [3.63, 3.8) is 0 Å². The standard InChI is InChI=1S/C23H27N5O5S/c1-3-11-28(12-13-29)23(30)20-15-25-21(22(26-20)33-16-18-5-4-10-24-14-18)27-34(31,32)19-8-6-17(2)7-9-19/h4-10,14-15,29H,3,11-13,16H2,1-2H3,(H,25,27). The Labute approximate surface area is 198 Å². The number of aryl methyl sites for hydroxylation is 1. The van der Waals surface area contributed by atoms with Crippen LogP contribution in [-0.2, 0) is 16.6 Å². The number of benzene rings is 1. The number of aromatic nitrogens is 3. The van der Waals surface area contributed by atoms with Gasteiger partial charge in [0.05, 0.1) is 17.7 Å². The number of carbonyl (C=O) groups excluding carboxylic acids is 1. The van der Waals surface area contributed by atoms with Gasteiger partial charge in [-0.3, -0.25) is 14.5 Å². The number of aliphatic hydroxyl groups is 1. The highest BCUT2D eigenvalue weighted by molar-refractivity contribution is 7.92. The average molecular weight is 486 g/mol. The summed E-state index contributed by atoms with van der Waals surface area (Å²) in [6, 6.07) is 9.86. The molecular weight excluding hydrogens is 458 g/mol. The van der Waals surface area contributed by atoms with E-state index in [1.807, 2.05) is 13.8 Å². The van der Waals surface area contributed by atoms with E-state index in [1.54, 1.807) is 36.7 Å². The number of pyridine rings is 1. The average Bonchev–Trinajstić information content (AvgIpc) is 2.83. The minimum atomic E-state index is -3.98. The fourth-order valence-electron chi connectivity index (χ4n) is 3.05. The summed E-state index contributed by atoms with van der Waals surface area (Å²) >= 11 is 0. The maximum Gasteiger partial charge on any atom is 0.274 e. The molecule has 34 heavy (non-hydrogen) atoms. The van der Waals surface area contributed by atoms with Gasteiger partial charge in [-0.25, -0.2) is 18.4 Å². The molecule has 3 rings (SSSR count). The number of hydrogen-bond donors (Lipinski definition) is 2. The molecule has 0 spiro atoms. The molecular formula is C23H27N5O5S. The van der Waals surface area contributed by atoms with Crippen molar-refractivity contribution in [2.45, 2.75) is 31.8 Å². The third kappa shape index (κ3) is 6.49. The lowest BCUT2D eigenvalue weighted by Gasteiger charge is -2.21. The van der Waals surface area contributed by atoms with Crippen molar-refractivity contribution >= 4 is 21.7 Å².